The largest absolute Gasteiger partial charge is 0.486 e. The van der Waals surface area contributed by atoms with Crippen LogP contribution in [-0.2, 0) is 10.0 Å². The van der Waals surface area contributed by atoms with Crippen LogP contribution >= 0.6 is 11.6 Å². The van der Waals surface area contributed by atoms with Crippen LogP contribution in [0.5, 0.6) is 11.5 Å². The van der Waals surface area contributed by atoms with Crippen molar-refractivity contribution in [3.8, 4) is 11.5 Å². The molecule has 3 rings (SSSR count). The van der Waals surface area contributed by atoms with Crippen molar-refractivity contribution in [2.24, 2.45) is 0 Å². The standard InChI is InChI=1S/C11H10ClN3O4S/c12-7-3-9-10(19-2-1-18-9)4-8(7)15-20(16,17)11-5-13-6-14-11/h3-6,15H,1-2H2,(H,13,14). The van der Waals surface area contributed by atoms with E-state index in [1.165, 1.54) is 24.7 Å². The van der Waals surface area contributed by atoms with Gasteiger partial charge in [0.25, 0.3) is 10.0 Å². The number of nitrogens with one attached hydrogen (secondary N) is 2. The average molecular weight is 316 g/mol. The molecular weight excluding hydrogens is 306 g/mol. The van der Waals surface area contributed by atoms with Gasteiger partial charge in [-0.05, 0) is 0 Å². The van der Waals surface area contributed by atoms with Crippen molar-refractivity contribution in [3.63, 3.8) is 0 Å². The van der Waals surface area contributed by atoms with Crippen LogP contribution in [0.25, 0.3) is 0 Å². The van der Waals surface area contributed by atoms with Crippen molar-refractivity contribution in [1.82, 2.24) is 9.97 Å². The summed E-state index contributed by atoms with van der Waals surface area (Å²) in [6.07, 6.45) is 2.48. The molecule has 1 aliphatic heterocycles. The Morgan fingerprint density at radius 2 is 1.95 bits per heavy atom. The third kappa shape index (κ3) is 2.39. The van der Waals surface area contributed by atoms with E-state index in [1.807, 2.05) is 0 Å². The van der Waals surface area contributed by atoms with Crippen molar-refractivity contribution in [2.75, 3.05) is 17.9 Å². The number of fused-ring (bicyclic) bond motifs is 1. The predicted molar refractivity (Wildman–Crippen MR) is 71.8 cm³/mol. The van der Waals surface area contributed by atoms with Crippen LogP contribution in [0.15, 0.2) is 29.7 Å². The molecule has 0 radical (unpaired) electrons. The monoisotopic (exact) mass is 315 g/mol. The first-order chi connectivity index (χ1) is 9.56. The lowest BCUT2D eigenvalue weighted by atomic mass is 10.2. The van der Waals surface area contributed by atoms with E-state index in [-0.39, 0.29) is 15.7 Å². The number of hydrogen-bond donors (Lipinski definition) is 2. The molecule has 1 aromatic heterocycles. The maximum Gasteiger partial charge on any atom is 0.279 e. The van der Waals surface area contributed by atoms with Gasteiger partial charge in [-0.25, -0.2) is 4.98 Å². The topological polar surface area (TPSA) is 93.3 Å². The van der Waals surface area contributed by atoms with E-state index in [2.05, 4.69) is 14.7 Å². The lowest BCUT2D eigenvalue weighted by Crippen LogP contribution is -2.17. The zero-order valence-corrected chi connectivity index (χ0v) is 11.7. The highest BCUT2D eigenvalue weighted by molar-refractivity contribution is 7.92. The Morgan fingerprint density at radius 3 is 2.60 bits per heavy atom. The molecule has 2 aromatic rings. The molecule has 0 amide bonds. The molecule has 0 saturated carbocycles. The van der Waals surface area contributed by atoms with Gasteiger partial charge in [0, 0.05) is 12.1 Å². The molecule has 0 bridgehead atoms. The molecule has 0 saturated heterocycles. The second-order valence-electron chi connectivity index (χ2n) is 4.00. The lowest BCUT2D eigenvalue weighted by molar-refractivity contribution is 0.171. The Hall–Kier alpha value is -1.93. The first-order valence-electron chi connectivity index (χ1n) is 5.66. The van der Waals surface area contributed by atoms with Crippen molar-refractivity contribution < 1.29 is 17.9 Å². The Balaban J connectivity index is 1.95. The van der Waals surface area contributed by atoms with E-state index in [1.54, 1.807) is 0 Å². The fourth-order valence-corrected chi connectivity index (χ4v) is 2.96. The molecule has 0 unspecified atom stereocenters. The molecule has 9 heteroatoms. The first-order valence-corrected chi connectivity index (χ1v) is 7.53. The Labute approximate surface area is 119 Å². The lowest BCUT2D eigenvalue weighted by Gasteiger charge is -2.20. The van der Waals surface area contributed by atoms with Gasteiger partial charge >= 0.3 is 0 Å². The van der Waals surface area contributed by atoms with Gasteiger partial charge in [-0.2, -0.15) is 8.42 Å². The zero-order chi connectivity index (χ0) is 14.2. The van der Waals surface area contributed by atoms with Gasteiger partial charge in [0.05, 0.1) is 23.2 Å². The molecule has 0 aliphatic carbocycles. The quantitative estimate of drug-likeness (QED) is 0.898. The van der Waals surface area contributed by atoms with E-state index < -0.39 is 10.0 Å². The van der Waals surface area contributed by atoms with Gasteiger partial charge in [0.15, 0.2) is 16.5 Å². The number of aromatic nitrogens is 2. The first kappa shape index (κ1) is 13.1. The number of benzene rings is 1. The van der Waals surface area contributed by atoms with Gasteiger partial charge in [-0.15, -0.1) is 0 Å². The molecule has 0 spiro atoms. The number of sulfonamides is 1. The molecule has 0 fully saturated rings. The minimum absolute atomic E-state index is 0.0524. The number of imidazole rings is 1. The van der Waals surface area contributed by atoms with Gasteiger partial charge in [-0.1, -0.05) is 11.6 Å². The summed E-state index contributed by atoms with van der Waals surface area (Å²) in [5.41, 5.74) is 0.213. The summed E-state index contributed by atoms with van der Waals surface area (Å²) in [5.74, 6) is 0.939. The van der Waals surface area contributed by atoms with Crippen molar-refractivity contribution in [3.05, 3.63) is 29.7 Å². The minimum Gasteiger partial charge on any atom is -0.486 e. The summed E-state index contributed by atoms with van der Waals surface area (Å²) in [6, 6.07) is 3.01. The van der Waals surface area contributed by atoms with Gasteiger partial charge < -0.3 is 14.5 Å². The predicted octanol–water partition coefficient (Wildman–Crippen LogP) is 1.64. The van der Waals surface area contributed by atoms with Crippen molar-refractivity contribution >= 4 is 27.3 Å². The third-order valence-electron chi connectivity index (χ3n) is 2.64. The Morgan fingerprint density at radius 1 is 1.25 bits per heavy atom. The summed E-state index contributed by atoms with van der Waals surface area (Å²) in [6.45, 7) is 0.837. The molecular formula is C11H10ClN3O4S. The summed E-state index contributed by atoms with van der Waals surface area (Å²) in [4.78, 5) is 6.19. The molecule has 0 atom stereocenters. The molecule has 1 aromatic carbocycles. The number of halogens is 1. The highest BCUT2D eigenvalue weighted by Crippen LogP contribution is 2.38. The Kier molecular flexibility index (Phi) is 3.19. The van der Waals surface area contributed by atoms with Crippen LogP contribution in [0.4, 0.5) is 5.69 Å². The van der Waals surface area contributed by atoms with Crippen LogP contribution < -0.4 is 14.2 Å². The van der Waals surface area contributed by atoms with E-state index in [0.29, 0.717) is 24.7 Å². The average Bonchev–Trinajstić information content (AvgIpc) is 2.94. The molecule has 106 valence electrons. The van der Waals surface area contributed by atoms with Crippen molar-refractivity contribution in [1.29, 1.82) is 0 Å². The van der Waals surface area contributed by atoms with Crippen LogP contribution in [0.2, 0.25) is 5.02 Å². The molecule has 1 aliphatic rings. The van der Waals surface area contributed by atoms with E-state index in [4.69, 9.17) is 21.1 Å². The van der Waals surface area contributed by atoms with E-state index >= 15 is 0 Å². The number of nitrogens with zero attached hydrogens (tertiary/aromatic N) is 1. The second-order valence-corrected chi connectivity index (χ2v) is 6.06. The molecule has 2 N–H and O–H groups in total. The molecule has 20 heavy (non-hydrogen) atoms. The minimum atomic E-state index is -3.77. The fraction of sp³-hybridized carbons (Fsp3) is 0.182. The molecule has 7 nitrogen and oxygen atoms in total. The highest BCUT2D eigenvalue weighted by Gasteiger charge is 2.20. The number of H-pyrrole nitrogens is 1. The maximum atomic E-state index is 12.1. The zero-order valence-electron chi connectivity index (χ0n) is 10.1. The van der Waals surface area contributed by atoms with Crippen LogP contribution in [0.3, 0.4) is 0 Å². The fourth-order valence-electron chi connectivity index (χ4n) is 1.73. The van der Waals surface area contributed by atoms with Gasteiger partial charge in [0.2, 0.25) is 0 Å². The van der Waals surface area contributed by atoms with Crippen LogP contribution in [-0.4, -0.2) is 31.6 Å². The number of aromatic amines is 1. The van der Waals surface area contributed by atoms with Gasteiger partial charge in [-0.3, -0.25) is 4.72 Å². The summed E-state index contributed by atoms with van der Waals surface area (Å²) in [5, 5.41) is 0.167. The normalized spacial score (nSPS) is 14.1. The van der Waals surface area contributed by atoms with E-state index in [0.717, 1.165) is 0 Å². The molecule has 2 heterocycles. The second kappa shape index (κ2) is 4.88. The van der Waals surface area contributed by atoms with Crippen LogP contribution in [0.1, 0.15) is 0 Å². The highest BCUT2D eigenvalue weighted by atomic mass is 35.5. The SMILES string of the molecule is O=S(=O)(Nc1cc2c(cc1Cl)OCCO2)c1cnc[nH]1. The van der Waals surface area contributed by atoms with E-state index in [9.17, 15) is 8.42 Å². The maximum absolute atomic E-state index is 12.1. The van der Waals surface area contributed by atoms with Crippen molar-refractivity contribution in [2.45, 2.75) is 5.03 Å². The summed E-state index contributed by atoms with van der Waals surface area (Å²) in [7, 11) is -3.77. The number of anilines is 1. The van der Waals surface area contributed by atoms with Crippen LogP contribution in [0, 0.1) is 0 Å². The summed E-state index contributed by atoms with van der Waals surface area (Å²) >= 11 is 6.04. The van der Waals surface area contributed by atoms with Gasteiger partial charge in [0.1, 0.15) is 13.2 Å². The number of ether oxygens (including phenoxy) is 2. The third-order valence-corrected chi connectivity index (χ3v) is 4.24. The Bertz CT molecular complexity index is 730. The smallest absolute Gasteiger partial charge is 0.279 e. The summed E-state index contributed by atoms with van der Waals surface area (Å²) < 4.78 is 37.3. The number of hydrogen-bond acceptors (Lipinski definition) is 5. The number of rotatable bonds is 3.